The molecule has 1 atom stereocenters. The highest BCUT2D eigenvalue weighted by Crippen LogP contribution is 2.30. The number of rotatable bonds is 4. The first-order chi connectivity index (χ1) is 11.8. The largest absolute Gasteiger partial charge is 0.320 e. The number of hydrogen-bond acceptors (Lipinski definition) is 6. The lowest BCUT2D eigenvalue weighted by Crippen LogP contribution is -2.38. The van der Waals surface area contributed by atoms with Crippen molar-refractivity contribution >= 4 is 44.6 Å². The minimum Gasteiger partial charge on any atom is -0.320 e. The molecule has 1 fully saturated rings. The Morgan fingerprint density at radius 2 is 2.04 bits per heavy atom. The summed E-state index contributed by atoms with van der Waals surface area (Å²) < 4.78 is 24.9. The summed E-state index contributed by atoms with van der Waals surface area (Å²) in [5.41, 5.74) is 0.618. The van der Waals surface area contributed by atoms with Crippen LogP contribution in [-0.4, -0.2) is 48.2 Å². The van der Waals surface area contributed by atoms with Gasteiger partial charge in [0.2, 0.25) is 15.0 Å². The third-order valence-electron chi connectivity index (χ3n) is 3.94. The van der Waals surface area contributed by atoms with Gasteiger partial charge in [-0.25, -0.2) is 12.7 Å². The van der Waals surface area contributed by atoms with Crippen LogP contribution < -0.4 is 5.32 Å². The van der Waals surface area contributed by atoms with Crippen molar-refractivity contribution in [2.75, 3.05) is 24.7 Å². The Morgan fingerprint density at radius 3 is 2.72 bits per heavy atom. The maximum absolute atomic E-state index is 12.3. The predicted octanol–water partition coefficient (Wildman–Crippen LogP) is 2.58. The van der Waals surface area contributed by atoms with Gasteiger partial charge in [-0.2, -0.15) is 0 Å². The number of halogens is 1. The first kappa shape index (κ1) is 18.2. The fraction of sp³-hybridized carbons (Fsp3) is 0.400. The average Bonchev–Trinajstić information content (AvgIpc) is 3.06. The first-order valence-electron chi connectivity index (χ1n) is 7.68. The highest BCUT2D eigenvalue weighted by molar-refractivity contribution is 7.88. The Kier molecular flexibility index (Phi) is 5.38. The van der Waals surface area contributed by atoms with Crippen LogP contribution in [0.3, 0.4) is 0 Å². The smallest absolute Gasteiger partial charge is 0.286 e. The van der Waals surface area contributed by atoms with E-state index in [9.17, 15) is 13.2 Å². The minimum atomic E-state index is -3.22. The molecule has 0 bridgehead atoms. The number of aromatic nitrogens is 2. The van der Waals surface area contributed by atoms with Gasteiger partial charge in [0.25, 0.3) is 5.91 Å². The highest BCUT2D eigenvalue weighted by atomic mass is 35.5. The van der Waals surface area contributed by atoms with Crippen molar-refractivity contribution in [3.63, 3.8) is 0 Å². The van der Waals surface area contributed by atoms with Crippen molar-refractivity contribution in [3.05, 3.63) is 39.3 Å². The van der Waals surface area contributed by atoms with Crippen LogP contribution in [0.4, 0.5) is 5.69 Å². The van der Waals surface area contributed by atoms with Gasteiger partial charge in [-0.1, -0.05) is 22.9 Å². The van der Waals surface area contributed by atoms with E-state index in [0.717, 1.165) is 12.8 Å². The van der Waals surface area contributed by atoms with Crippen LogP contribution in [0.25, 0.3) is 0 Å². The number of anilines is 1. The third-order valence-corrected chi connectivity index (χ3v) is 6.55. The molecule has 0 radical (unpaired) electrons. The van der Waals surface area contributed by atoms with Crippen LogP contribution >= 0.6 is 22.9 Å². The molecule has 1 aromatic carbocycles. The van der Waals surface area contributed by atoms with Gasteiger partial charge in [0.1, 0.15) is 5.01 Å². The summed E-state index contributed by atoms with van der Waals surface area (Å²) in [6, 6.07) is 6.77. The van der Waals surface area contributed by atoms with Crippen LogP contribution in [0.1, 0.15) is 33.6 Å². The van der Waals surface area contributed by atoms with E-state index in [0.29, 0.717) is 28.8 Å². The number of nitrogens with one attached hydrogen (secondary N) is 1. The van der Waals surface area contributed by atoms with E-state index in [-0.39, 0.29) is 16.8 Å². The summed E-state index contributed by atoms with van der Waals surface area (Å²) in [4.78, 5) is 12.3. The van der Waals surface area contributed by atoms with Crippen LogP contribution in [0, 0.1) is 0 Å². The SMILES string of the molecule is CS(=O)(=O)N1CCCC(c2nnc(C(=O)Nc3ccc(Cl)cc3)s2)C1. The fourth-order valence-corrected chi connectivity index (χ4v) is 4.56. The Hall–Kier alpha value is -1.55. The quantitative estimate of drug-likeness (QED) is 0.851. The highest BCUT2D eigenvalue weighted by Gasteiger charge is 2.29. The molecule has 1 unspecified atom stereocenters. The molecular weight excluding hydrogens is 384 g/mol. The van der Waals surface area contributed by atoms with Crippen molar-refractivity contribution in [2.45, 2.75) is 18.8 Å². The van der Waals surface area contributed by atoms with Gasteiger partial charge in [0.05, 0.1) is 6.26 Å². The molecule has 10 heteroatoms. The van der Waals surface area contributed by atoms with Gasteiger partial charge in [-0.05, 0) is 37.1 Å². The zero-order valence-electron chi connectivity index (χ0n) is 13.5. The molecule has 134 valence electrons. The lowest BCUT2D eigenvalue weighted by molar-refractivity contribution is 0.102. The molecule has 7 nitrogen and oxygen atoms in total. The number of amides is 1. The zero-order chi connectivity index (χ0) is 18.0. The van der Waals surface area contributed by atoms with E-state index in [1.165, 1.54) is 21.9 Å². The summed E-state index contributed by atoms with van der Waals surface area (Å²) in [5, 5.41) is 12.3. The van der Waals surface area contributed by atoms with Gasteiger partial charge in [0.15, 0.2) is 0 Å². The van der Waals surface area contributed by atoms with Gasteiger partial charge >= 0.3 is 0 Å². The fourth-order valence-electron chi connectivity index (χ4n) is 2.65. The van der Waals surface area contributed by atoms with E-state index in [2.05, 4.69) is 15.5 Å². The Morgan fingerprint density at radius 1 is 1.32 bits per heavy atom. The maximum atomic E-state index is 12.3. The Labute approximate surface area is 155 Å². The van der Waals surface area contributed by atoms with E-state index in [1.54, 1.807) is 24.3 Å². The Balaban J connectivity index is 1.69. The number of benzene rings is 1. The number of nitrogens with zero attached hydrogens (tertiary/aromatic N) is 3. The second-order valence-corrected chi connectivity index (χ2v) is 9.29. The number of piperidine rings is 1. The van der Waals surface area contributed by atoms with Crippen molar-refractivity contribution in [2.24, 2.45) is 0 Å². The summed E-state index contributed by atoms with van der Waals surface area (Å²) in [7, 11) is -3.22. The molecule has 1 aliphatic heterocycles. The van der Waals surface area contributed by atoms with Crippen molar-refractivity contribution in [3.8, 4) is 0 Å². The lowest BCUT2D eigenvalue weighted by Gasteiger charge is -2.29. The number of carbonyl (C=O) groups excluding carboxylic acids is 1. The molecule has 2 aromatic rings. The minimum absolute atomic E-state index is 0.0296. The van der Waals surface area contributed by atoms with Crippen molar-refractivity contribution in [1.29, 1.82) is 0 Å². The molecule has 1 amide bonds. The molecule has 1 saturated heterocycles. The van der Waals surface area contributed by atoms with Crippen LogP contribution in [0.2, 0.25) is 5.02 Å². The van der Waals surface area contributed by atoms with E-state index >= 15 is 0 Å². The lowest BCUT2D eigenvalue weighted by atomic mass is 10.0. The van der Waals surface area contributed by atoms with Crippen molar-refractivity contribution in [1.82, 2.24) is 14.5 Å². The van der Waals surface area contributed by atoms with Crippen LogP contribution in [0.5, 0.6) is 0 Å². The second kappa shape index (κ2) is 7.36. The second-order valence-electron chi connectivity index (χ2n) is 5.87. The first-order valence-corrected chi connectivity index (χ1v) is 10.7. The van der Waals surface area contributed by atoms with E-state index < -0.39 is 10.0 Å². The number of carbonyl (C=O) groups is 1. The monoisotopic (exact) mass is 400 g/mol. The molecule has 3 rings (SSSR count). The molecule has 1 N–H and O–H groups in total. The molecular formula is C15H17ClN4O3S2. The van der Waals surface area contributed by atoms with Crippen LogP contribution in [-0.2, 0) is 10.0 Å². The van der Waals surface area contributed by atoms with E-state index in [4.69, 9.17) is 11.6 Å². The molecule has 0 saturated carbocycles. The standard InChI is InChI=1S/C15H17ClN4O3S2/c1-25(22,23)20-8-2-3-10(9-20)14-18-19-15(24-14)13(21)17-12-6-4-11(16)5-7-12/h4-7,10H,2-3,8-9H2,1H3,(H,17,21). The molecule has 0 aliphatic carbocycles. The predicted molar refractivity (Wildman–Crippen MR) is 97.7 cm³/mol. The van der Waals surface area contributed by atoms with E-state index in [1.807, 2.05) is 0 Å². The van der Waals surface area contributed by atoms with Gasteiger partial charge in [-0.15, -0.1) is 10.2 Å². The summed E-state index contributed by atoms with van der Waals surface area (Å²) >= 11 is 7.02. The summed E-state index contributed by atoms with van der Waals surface area (Å²) in [6.07, 6.45) is 2.81. The molecule has 25 heavy (non-hydrogen) atoms. The molecule has 2 heterocycles. The third kappa shape index (κ3) is 4.55. The topological polar surface area (TPSA) is 92.3 Å². The van der Waals surface area contributed by atoms with Gasteiger partial charge in [-0.3, -0.25) is 4.79 Å². The normalized spacial score (nSPS) is 18.9. The van der Waals surface area contributed by atoms with Crippen LogP contribution in [0.15, 0.2) is 24.3 Å². The number of sulfonamides is 1. The number of hydrogen-bond donors (Lipinski definition) is 1. The summed E-state index contributed by atoms with van der Waals surface area (Å²) in [5.74, 6) is -0.375. The zero-order valence-corrected chi connectivity index (χ0v) is 15.9. The van der Waals surface area contributed by atoms with Gasteiger partial charge in [0, 0.05) is 29.7 Å². The molecule has 1 aliphatic rings. The molecule has 0 spiro atoms. The van der Waals surface area contributed by atoms with Gasteiger partial charge < -0.3 is 5.32 Å². The summed E-state index contributed by atoms with van der Waals surface area (Å²) in [6.45, 7) is 0.907. The molecule has 1 aromatic heterocycles. The maximum Gasteiger partial charge on any atom is 0.286 e. The average molecular weight is 401 g/mol. The Bertz CT molecular complexity index is 867. The van der Waals surface area contributed by atoms with Crippen molar-refractivity contribution < 1.29 is 13.2 Å².